The molecule has 17 heavy (non-hydrogen) atoms. The Morgan fingerprint density at radius 2 is 2.18 bits per heavy atom. The third-order valence-corrected chi connectivity index (χ3v) is 3.12. The number of aromatic nitrogens is 1. The second kappa shape index (κ2) is 5.54. The average molecular weight is 271 g/mol. The third kappa shape index (κ3) is 2.80. The molecular formula is C12H12Cl2N2O. The van der Waals surface area contributed by atoms with Gasteiger partial charge in [0.1, 0.15) is 0 Å². The van der Waals surface area contributed by atoms with Crippen LogP contribution in [-0.2, 0) is 6.54 Å². The molecule has 0 saturated heterocycles. The first-order valence-electron chi connectivity index (χ1n) is 5.32. The Balaban J connectivity index is 2.27. The standard InChI is InChI=1S/C12H12Cl2N2O/c1-2-15-7-11-16-6-10(17-11)8-4-3-5-9(13)12(8)14/h3-6,15H,2,7H2,1H3. The zero-order valence-electron chi connectivity index (χ0n) is 9.34. The molecule has 0 aliphatic rings. The number of halogens is 2. The molecule has 1 N–H and O–H groups in total. The number of nitrogens with zero attached hydrogens (tertiary/aromatic N) is 1. The van der Waals surface area contributed by atoms with Crippen LogP contribution in [-0.4, -0.2) is 11.5 Å². The first-order valence-corrected chi connectivity index (χ1v) is 6.07. The van der Waals surface area contributed by atoms with E-state index in [1.165, 1.54) is 0 Å². The first-order chi connectivity index (χ1) is 8.22. The maximum absolute atomic E-state index is 6.11. The minimum atomic E-state index is 0.486. The Morgan fingerprint density at radius 3 is 2.94 bits per heavy atom. The van der Waals surface area contributed by atoms with E-state index in [1.54, 1.807) is 12.3 Å². The number of hydrogen-bond acceptors (Lipinski definition) is 3. The van der Waals surface area contributed by atoms with Gasteiger partial charge in [0.15, 0.2) is 5.76 Å². The molecule has 0 amide bonds. The molecule has 90 valence electrons. The fourth-order valence-electron chi connectivity index (χ4n) is 1.44. The lowest BCUT2D eigenvalue weighted by molar-refractivity contribution is 0.482. The number of benzene rings is 1. The van der Waals surface area contributed by atoms with Gasteiger partial charge in [-0.25, -0.2) is 4.98 Å². The number of hydrogen-bond donors (Lipinski definition) is 1. The minimum absolute atomic E-state index is 0.486. The summed E-state index contributed by atoms with van der Waals surface area (Å²) in [6.45, 7) is 3.50. The molecule has 5 heteroatoms. The quantitative estimate of drug-likeness (QED) is 0.920. The van der Waals surface area contributed by atoms with Gasteiger partial charge in [0.25, 0.3) is 0 Å². The van der Waals surface area contributed by atoms with Crippen LogP contribution >= 0.6 is 23.2 Å². The maximum atomic E-state index is 6.11. The molecule has 1 aromatic heterocycles. The lowest BCUT2D eigenvalue weighted by atomic mass is 10.2. The number of nitrogens with one attached hydrogen (secondary N) is 1. The van der Waals surface area contributed by atoms with E-state index < -0.39 is 0 Å². The van der Waals surface area contributed by atoms with Crippen LogP contribution in [0, 0.1) is 0 Å². The van der Waals surface area contributed by atoms with Crippen LogP contribution in [0.15, 0.2) is 28.8 Å². The molecule has 1 heterocycles. The highest BCUT2D eigenvalue weighted by Gasteiger charge is 2.11. The predicted octanol–water partition coefficient (Wildman–Crippen LogP) is 3.76. The normalized spacial score (nSPS) is 10.8. The van der Waals surface area contributed by atoms with Gasteiger partial charge in [-0.1, -0.05) is 36.2 Å². The Kier molecular flexibility index (Phi) is 4.05. The van der Waals surface area contributed by atoms with E-state index in [4.69, 9.17) is 27.6 Å². The maximum Gasteiger partial charge on any atom is 0.208 e. The summed E-state index contributed by atoms with van der Waals surface area (Å²) in [5.41, 5.74) is 0.759. The van der Waals surface area contributed by atoms with Crippen molar-refractivity contribution < 1.29 is 4.42 Å². The molecule has 0 saturated carbocycles. The second-order valence-electron chi connectivity index (χ2n) is 3.50. The van der Waals surface area contributed by atoms with E-state index in [0.717, 1.165) is 12.1 Å². The summed E-state index contributed by atoms with van der Waals surface area (Å²) < 4.78 is 5.59. The van der Waals surface area contributed by atoms with Crippen LogP contribution in [0.5, 0.6) is 0 Å². The SMILES string of the molecule is CCNCc1ncc(-c2cccc(Cl)c2Cl)o1. The summed E-state index contributed by atoms with van der Waals surface area (Å²) in [7, 11) is 0. The fourth-order valence-corrected chi connectivity index (χ4v) is 1.84. The zero-order valence-corrected chi connectivity index (χ0v) is 10.8. The minimum Gasteiger partial charge on any atom is -0.439 e. The number of oxazole rings is 1. The van der Waals surface area contributed by atoms with Gasteiger partial charge in [0.05, 0.1) is 22.8 Å². The highest BCUT2D eigenvalue weighted by molar-refractivity contribution is 6.43. The van der Waals surface area contributed by atoms with Crippen molar-refractivity contribution in [3.05, 3.63) is 40.3 Å². The van der Waals surface area contributed by atoms with E-state index in [0.29, 0.717) is 28.2 Å². The van der Waals surface area contributed by atoms with Gasteiger partial charge >= 0.3 is 0 Å². The van der Waals surface area contributed by atoms with Gasteiger partial charge in [0, 0.05) is 5.56 Å². The van der Waals surface area contributed by atoms with Crippen molar-refractivity contribution in [1.29, 1.82) is 0 Å². The molecule has 0 aliphatic heterocycles. The van der Waals surface area contributed by atoms with Crippen molar-refractivity contribution in [3.63, 3.8) is 0 Å². The van der Waals surface area contributed by atoms with Crippen molar-refractivity contribution in [2.45, 2.75) is 13.5 Å². The smallest absolute Gasteiger partial charge is 0.208 e. The van der Waals surface area contributed by atoms with E-state index in [9.17, 15) is 0 Å². The van der Waals surface area contributed by atoms with Crippen LogP contribution < -0.4 is 5.32 Å². The van der Waals surface area contributed by atoms with Crippen LogP contribution in [0.25, 0.3) is 11.3 Å². The van der Waals surface area contributed by atoms with Crippen LogP contribution in [0.1, 0.15) is 12.8 Å². The van der Waals surface area contributed by atoms with Gasteiger partial charge in [-0.05, 0) is 18.7 Å². The van der Waals surface area contributed by atoms with E-state index in [-0.39, 0.29) is 0 Å². The second-order valence-corrected chi connectivity index (χ2v) is 4.29. The predicted molar refractivity (Wildman–Crippen MR) is 69.3 cm³/mol. The molecule has 0 atom stereocenters. The molecule has 2 aromatic rings. The molecule has 0 bridgehead atoms. The fraction of sp³-hybridized carbons (Fsp3) is 0.250. The van der Waals surface area contributed by atoms with Crippen molar-refractivity contribution in [3.8, 4) is 11.3 Å². The number of rotatable bonds is 4. The molecule has 0 spiro atoms. The Hall–Kier alpha value is -1.03. The van der Waals surface area contributed by atoms with Gasteiger partial charge in [-0.2, -0.15) is 0 Å². The lowest BCUT2D eigenvalue weighted by Crippen LogP contribution is -2.11. The van der Waals surface area contributed by atoms with Gasteiger partial charge < -0.3 is 9.73 Å². The molecule has 1 aromatic carbocycles. The van der Waals surface area contributed by atoms with Crippen molar-refractivity contribution >= 4 is 23.2 Å². The van der Waals surface area contributed by atoms with Crippen molar-refractivity contribution in [1.82, 2.24) is 10.3 Å². The van der Waals surface area contributed by atoms with E-state index in [1.807, 2.05) is 19.1 Å². The summed E-state index contributed by atoms with van der Waals surface area (Å²) >= 11 is 12.1. The monoisotopic (exact) mass is 270 g/mol. The zero-order chi connectivity index (χ0) is 12.3. The third-order valence-electron chi connectivity index (χ3n) is 2.30. The molecule has 0 fully saturated rings. The highest BCUT2D eigenvalue weighted by Crippen LogP contribution is 2.33. The van der Waals surface area contributed by atoms with Gasteiger partial charge in [-0.15, -0.1) is 0 Å². The van der Waals surface area contributed by atoms with Crippen LogP contribution in [0.2, 0.25) is 10.0 Å². The summed E-state index contributed by atoms with van der Waals surface area (Å²) in [4.78, 5) is 4.17. The van der Waals surface area contributed by atoms with Gasteiger partial charge in [0.2, 0.25) is 5.89 Å². The lowest BCUT2D eigenvalue weighted by Gasteiger charge is -2.01. The largest absolute Gasteiger partial charge is 0.439 e. The average Bonchev–Trinajstić information content (AvgIpc) is 2.78. The highest BCUT2D eigenvalue weighted by atomic mass is 35.5. The molecule has 2 rings (SSSR count). The topological polar surface area (TPSA) is 38.1 Å². The molecule has 3 nitrogen and oxygen atoms in total. The van der Waals surface area contributed by atoms with E-state index >= 15 is 0 Å². The Bertz CT molecular complexity index is 511. The molecule has 0 unspecified atom stereocenters. The molecule has 0 aliphatic carbocycles. The summed E-state index contributed by atoms with van der Waals surface area (Å²) in [5, 5.41) is 4.13. The Labute approximate surface area is 110 Å². The van der Waals surface area contributed by atoms with Crippen molar-refractivity contribution in [2.24, 2.45) is 0 Å². The molecule has 0 radical (unpaired) electrons. The first kappa shape index (κ1) is 12.4. The summed E-state index contributed by atoms with van der Waals surface area (Å²) in [6.07, 6.45) is 1.66. The Morgan fingerprint density at radius 1 is 1.35 bits per heavy atom. The molecular weight excluding hydrogens is 259 g/mol. The summed E-state index contributed by atoms with van der Waals surface area (Å²) in [5.74, 6) is 1.27. The van der Waals surface area contributed by atoms with E-state index in [2.05, 4.69) is 10.3 Å². The van der Waals surface area contributed by atoms with Crippen LogP contribution in [0.4, 0.5) is 0 Å². The van der Waals surface area contributed by atoms with Crippen LogP contribution in [0.3, 0.4) is 0 Å². The van der Waals surface area contributed by atoms with Crippen molar-refractivity contribution in [2.75, 3.05) is 6.54 Å². The summed E-state index contributed by atoms with van der Waals surface area (Å²) in [6, 6.07) is 5.42. The van der Waals surface area contributed by atoms with Gasteiger partial charge in [-0.3, -0.25) is 0 Å².